The Labute approximate surface area is 97.7 Å². The fourth-order valence-corrected chi connectivity index (χ4v) is 1.98. The van der Waals surface area contributed by atoms with Gasteiger partial charge in [-0.2, -0.15) is 4.99 Å². The van der Waals surface area contributed by atoms with Crippen LogP contribution in [0.4, 0.5) is 17.1 Å². The Morgan fingerprint density at radius 2 is 2.06 bits per heavy atom. The van der Waals surface area contributed by atoms with Crippen LogP contribution in [0.1, 0.15) is 12.8 Å². The fraction of sp³-hybridized carbons (Fsp3) is 0.364. The smallest absolute Gasteiger partial charge is 0.295 e. The lowest BCUT2D eigenvalue weighted by molar-refractivity contribution is -0.384. The topological polar surface area (TPSA) is 75.8 Å². The van der Waals surface area contributed by atoms with Gasteiger partial charge >= 0.3 is 0 Å². The molecule has 0 saturated carbocycles. The van der Waals surface area contributed by atoms with Gasteiger partial charge in [0.05, 0.1) is 4.92 Å². The molecule has 0 aliphatic carbocycles. The molecule has 0 aromatic heterocycles. The number of hydrogen-bond donors (Lipinski definition) is 0. The minimum Gasteiger partial charge on any atom is -0.371 e. The molecule has 0 spiro atoms. The Morgan fingerprint density at radius 1 is 1.35 bits per heavy atom. The molecule has 1 aliphatic heterocycles. The van der Waals surface area contributed by atoms with Crippen LogP contribution in [0.15, 0.2) is 23.2 Å². The van der Waals surface area contributed by atoms with Crippen LogP contribution in [-0.4, -0.2) is 24.1 Å². The quantitative estimate of drug-likeness (QED) is 0.347. The van der Waals surface area contributed by atoms with Gasteiger partial charge in [0, 0.05) is 24.8 Å². The molecule has 0 amide bonds. The van der Waals surface area contributed by atoms with Crippen molar-refractivity contribution in [3.05, 3.63) is 28.3 Å². The summed E-state index contributed by atoms with van der Waals surface area (Å²) in [5.41, 5.74) is 0.757. The van der Waals surface area contributed by atoms with Gasteiger partial charge in [-0.3, -0.25) is 10.1 Å². The average Bonchev–Trinajstić information content (AvgIpc) is 2.82. The summed E-state index contributed by atoms with van der Waals surface area (Å²) in [7, 11) is 0. The highest BCUT2D eigenvalue weighted by atomic mass is 16.6. The van der Waals surface area contributed by atoms with E-state index in [2.05, 4.69) is 9.89 Å². The molecule has 0 atom stereocenters. The third kappa shape index (κ3) is 2.32. The lowest BCUT2D eigenvalue weighted by Gasteiger charge is -2.17. The second-order valence-corrected chi connectivity index (χ2v) is 3.83. The molecule has 6 heteroatoms. The number of isocyanates is 1. The number of carbonyl (C=O) groups excluding carboxylic acids is 1. The van der Waals surface area contributed by atoms with E-state index >= 15 is 0 Å². The first-order valence-corrected chi connectivity index (χ1v) is 5.33. The third-order valence-corrected chi connectivity index (χ3v) is 2.79. The molecule has 1 saturated heterocycles. The molecular weight excluding hydrogens is 222 g/mol. The molecule has 0 unspecified atom stereocenters. The summed E-state index contributed by atoms with van der Waals surface area (Å²) in [6.45, 7) is 1.87. The summed E-state index contributed by atoms with van der Waals surface area (Å²) in [4.78, 5) is 25.9. The van der Waals surface area contributed by atoms with Crippen LogP contribution in [0, 0.1) is 10.1 Å². The molecule has 1 aliphatic rings. The summed E-state index contributed by atoms with van der Waals surface area (Å²) in [6, 6.07) is 4.63. The van der Waals surface area contributed by atoms with Crippen LogP contribution in [0.2, 0.25) is 0 Å². The number of nitro groups is 1. The van der Waals surface area contributed by atoms with Crippen molar-refractivity contribution < 1.29 is 9.72 Å². The Balaban J connectivity index is 2.40. The van der Waals surface area contributed by atoms with Gasteiger partial charge in [-0.15, -0.1) is 0 Å². The van der Waals surface area contributed by atoms with Gasteiger partial charge in [0.2, 0.25) is 6.08 Å². The molecule has 1 aromatic rings. The van der Waals surface area contributed by atoms with Gasteiger partial charge in [-0.05, 0) is 25.0 Å². The van der Waals surface area contributed by atoms with Gasteiger partial charge in [0.1, 0.15) is 0 Å². The van der Waals surface area contributed by atoms with Crippen LogP contribution in [0.5, 0.6) is 0 Å². The molecule has 1 aromatic carbocycles. The maximum atomic E-state index is 10.7. The molecule has 6 nitrogen and oxygen atoms in total. The Hall–Kier alpha value is -2.20. The van der Waals surface area contributed by atoms with E-state index in [9.17, 15) is 14.9 Å². The summed E-state index contributed by atoms with van der Waals surface area (Å²) in [6.07, 6.45) is 3.58. The lowest BCUT2D eigenvalue weighted by atomic mass is 10.2. The third-order valence-electron chi connectivity index (χ3n) is 2.79. The first kappa shape index (κ1) is 11.3. The van der Waals surface area contributed by atoms with Crippen molar-refractivity contribution in [2.24, 2.45) is 4.99 Å². The standard InChI is InChI=1S/C11H11N3O3/c15-8-12-10-7-9(13-5-1-2-6-13)3-4-11(10)14(16)17/h3-4,7H,1-2,5-6H2. The van der Waals surface area contributed by atoms with Gasteiger partial charge in [-0.1, -0.05) is 0 Å². The van der Waals surface area contributed by atoms with Gasteiger partial charge in [0.15, 0.2) is 5.69 Å². The molecule has 2 rings (SSSR count). The monoisotopic (exact) mass is 233 g/mol. The molecular formula is C11H11N3O3. The van der Waals surface area contributed by atoms with E-state index in [1.54, 1.807) is 12.1 Å². The van der Waals surface area contributed by atoms with Crippen molar-refractivity contribution in [3.63, 3.8) is 0 Å². The summed E-state index contributed by atoms with van der Waals surface area (Å²) in [5.74, 6) is 0. The van der Waals surface area contributed by atoms with Crippen molar-refractivity contribution in [2.45, 2.75) is 12.8 Å². The number of nitro benzene ring substituents is 1. The van der Waals surface area contributed by atoms with Crippen LogP contribution in [-0.2, 0) is 4.79 Å². The lowest BCUT2D eigenvalue weighted by Crippen LogP contribution is -2.17. The SMILES string of the molecule is O=C=Nc1cc(N2CCCC2)ccc1[N+](=O)[O-]. The Bertz CT molecular complexity index is 489. The minimum absolute atomic E-state index is 0.0643. The summed E-state index contributed by atoms with van der Waals surface area (Å²) in [5, 5.41) is 10.7. The second-order valence-electron chi connectivity index (χ2n) is 3.83. The van der Waals surface area contributed by atoms with E-state index in [0.29, 0.717) is 0 Å². The van der Waals surface area contributed by atoms with E-state index in [4.69, 9.17) is 0 Å². The number of nitrogens with zero attached hydrogens (tertiary/aromatic N) is 3. The predicted molar refractivity (Wildman–Crippen MR) is 62.3 cm³/mol. The molecule has 17 heavy (non-hydrogen) atoms. The molecule has 0 N–H and O–H groups in total. The largest absolute Gasteiger partial charge is 0.371 e. The molecule has 0 bridgehead atoms. The zero-order chi connectivity index (χ0) is 12.3. The summed E-state index contributed by atoms with van der Waals surface area (Å²) < 4.78 is 0. The predicted octanol–water partition coefficient (Wildman–Crippen LogP) is 2.16. The van der Waals surface area contributed by atoms with Crippen molar-refractivity contribution >= 4 is 23.1 Å². The van der Waals surface area contributed by atoms with Crippen LogP contribution >= 0.6 is 0 Å². The van der Waals surface area contributed by atoms with Gasteiger partial charge in [0.25, 0.3) is 5.69 Å². The number of benzene rings is 1. The van der Waals surface area contributed by atoms with E-state index in [1.165, 1.54) is 12.1 Å². The average molecular weight is 233 g/mol. The van der Waals surface area contributed by atoms with Crippen molar-refractivity contribution in [1.82, 2.24) is 0 Å². The van der Waals surface area contributed by atoms with Crippen LogP contribution < -0.4 is 4.90 Å². The van der Waals surface area contributed by atoms with E-state index in [0.717, 1.165) is 31.6 Å². The van der Waals surface area contributed by atoms with Gasteiger partial charge < -0.3 is 4.90 Å². The van der Waals surface area contributed by atoms with Crippen molar-refractivity contribution in [3.8, 4) is 0 Å². The van der Waals surface area contributed by atoms with Gasteiger partial charge in [-0.25, -0.2) is 4.79 Å². The highest BCUT2D eigenvalue weighted by Crippen LogP contribution is 2.32. The normalized spacial score (nSPS) is 14.5. The Morgan fingerprint density at radius 3 is 2.65 bits per heavy atom. The first-order chi connectivity index (χ1) is 8.22. The van der Waals surface area contributed by atoms with E-state index in [1.807, 2.05) is 0 Å². The van der Waals surface area contributed by atoms with E-state index in [-0.39, 0.29) is 11.4 Å². The number of hydrogen-bond acceptors (Lipinski definition) is 5. The molecule has 88 valence electrons. The fourth-order valence-electron chi connectivity index (χ4n) is 1.98. The number of aliphatic imine (C=N–C) groups is 1. The van der Waals surface area contributed by atoms with E-state index < -0.39 is 4.92 Å². The summed E-state index contributed by atoms with van der Waals surface area (Å²) >= 11 is 0. The maximum absolute atomic E-state index is 10.7. The zero-order valence-corrected chi connectivity index (χ0v) is 9.13. The molecule has 1 heterocycles. The number of anilines is 1. The maximum Gasteiger partial charge on any atom is 0.295 e. The molecule has 1 fully saturated rings. The van der Waals surface area contributed by atoms with Crippen molar-refractivity contribution in [1.29, 1.82) is 0 Å². The highest BCUT2D eigenvalue weighted by molar-refractivity contribution is 5.68. The number of rotatable bonds is 3. The van der Waals surface area contributed by atoms with Crippen LogP contribution in [0.3, 0.4) is 0 Å². The Kier molecular flexibility index (Phi) is 3.16. The molecule has 0 radical (unpaired) electrons. The zero-order valence-electron chi connectivity index (χ0n) is 9.13. The van der Waals surface area contributed by atoms with Crippen molar-refractivity contribution in [2.75, 3.05) is 18.0 Å². The van der Waals surface area contributed by atoms with Crippen LogP contribution in [0.25, 0.3) is 0 Å². The second kappa shape index (κ2) is 4.76. The minimum atomic E-state index is -0.552. The highest BCUT2D eigenvalue weighted by Gasteiger charge is 2.18. The first-order valence-electron chi connectivity index (χ1n) is 5.33.